The van der Waals surface area contributed by atoms with Crippen molar-refractivity contribution in [3.8, 4) is 0 Å². The van der Waals surface area contributed by atoms with Gasteiger partial charge in [-0.15, -0.1) is 0 Å². The Morgan fingerprint density at radius 3 is 1.82 bits per heavy atom. The van der Waals surface area contributed by atoms with Crippen LogP contribution < -0.4 is 0 Å². The topological polar surface area (TPSA) is 20.3 Å². The van der Waals surface area contributed by atoms with E-state index >= 15 is 0 Å². The highest BCUT2D eigenvalue weighted by atomic mass is 19.2. The molecule has 0 heterocycles. The van der Waals surface area contributed by atoms with Crippen molar-refractivity contribution in [3.63, 3.8) is 0 Å². The Bertz CT molecular complexity index is 689. The molecule has 7 heteroatoms. The van der Waals surface area contributed by atoms with E-state index in [2.05, 4.69) is 0 Å². The van der Waals surface area contributed by atoms with Crippen LogP contribution in [0.1, 0.15) is 15.9 Å². The number of rotatable bonds is 3. The second-order valence-corrected chi connectivity index (χ2v) is 4.59. The molecule has 1 amide bonds. The van der Waals surface area contributed by atoms with E-state index in [-0.39, 0.29) is 6.54 Å². The van der Waals surface area contributed by atoms with Crippen molar-refractivity contribution in [1.82, 2.24) is 4.90 Å². The second-order valence-electron chi connectivity index (χ2n) is 4.59. The molecule has 0 aliphatic rings. The Morgan fingerprint density at radius 2 is 1.32 bits per heavy atom. The fourth-order valence-corrected chi connectivity index (χ4v) is 1.91. The number of nitrogens with zero attached hydrogens (tertiary/aromatic N) is 1. The third-order valence-corrected chi connectivity index (χ3v) is 3.03. The summed E-state index contributed by atoms with van der Waals surface area (Å²) < 4.78 is 66.4. The fourth-order valence-electron chi connectivity index (χ4n) is 1.91. The highest BCUT2D eigenvalue weighted by Crippen LogP contribution is 2.24. The van der Waals surface area contributed by atoms with E-state index in [4.69, 9.17) is 0 Å². The minimum absolute atomic E-state index is 0.0425. The van der Waals surface area contributed by atoms with Gasteiger partial charge in [0.1, 0.15) is 5.56 Å². The summed E-state index contributed by atoms with van der Waals surface area (Å²) in [6.45, 7) is -0.0425. The molecule has 0 atom stereocenters. The largest absolute Gasteiger partial charge is 0.337 e. The standard InChI is InChI=1S/C15H10F5NO/c1-21(7-8-5-3-2-4-6-8)15(22)9-10(16)12(18)14(20)13(19)11(9)17/h2-6H,7H2,1H3. The lowest BCUT2D eigenvalue weighted by atomic mass is 10.1. The molecule has 2 aromatic rings. The molecule has 0 unspecified atom stereocenters. The molecule has 116 valence electrons. The first-order chi connectivity index (χ1) is 10.3. The van der Waals surface area contributed by atoms with Crippen LogP contribution in [0.15, 0.2) is 30.3 Å². The lowest BCUT2D eigenvalue weighted by Crippen LogP contribution is -2.29. The quantitative estimate of drug-likeness (QED) is 0.481. The van der Waals surface area contributed by atoms with Crippen LogP contribution in [0.2, 0.25) is 0 Å². The van der Waals surface area contributed by atoms with Gasteiger partial charge in [0.05, 0.1) is 0 Å². The zero-order valence-corrected chi connectivity index (χ0v) is 11.3. The van der Waals surface area contributed by atoms with Gasteiger partial charge in [0, 0.05) is 13.6 Å². The van der Waals surface area contributed by atoms with Crippen molar-refractivity contribution in [2.75, 3.05) is 7.05 Å². The van der Waals surface area contributed by atoms with Gasteiger partial charge in [-0.05, 0) is 5.56 Å². The predicted molar refractivity (Wildman–Crippen MR) is 68.5 cm³/mol. The zero-order valence-electron chi connectivity index (χ0n) is 11.3. The van der Waals surface area contributed by atoms with E-state index < -0.39 is 40.6 Å². The van der Waals surface area contributed by atoms with E-state index in [0.717, 1.165) is 4.90 Å². The van der Waals surface area contributed by atoms with Crippen LogP contribution in [0.4, 0.5) is 22.0 Å². The van der Waals surface area contributed by atoms with Gasteiger partial charge in [0.25, 0.3) is 5.91 Å². The minimum Gasteiger partial charge on any atom is -0.337 e. The number of carbonyl (C=O) groups is 1. The summed E-state index contributed by atoms with van der Waals surface area (Å²) in [5.41, 5.74) is -0.822. The molecule has 2 nitrogen and oxygen atoms in total. The summed E-state index contributed by atoms with van der Waals surface area (Å²) in [6, 6.07) is 8.41. The van der Waals surface area contributed by atoms with Crippen LogP contribution >= 0.6 is 0 Å². The Hall–Kier alpha value is -2.44. The van der Waals surface area contributed by atoms with Gasteiger partial charge in [-0.2, -0.15) is 0 Å². The molecule has 0 fully saturated rings. The number of halogens is 5. The van der Waals surface area contributed by atoms with E-state index in [1.54, 1.807) is 30.3 Å². The number of amides is 1. The van der Waals surface area contributed by atoms with E-state index in [0.29, 0.717) is 5.56 Å². The van der Waals surface area contributed by atoms with Gasteiger partial charge >= 0.3 is 0 Å². The summed E-state index contributed by atoms with van der Waals surface area (Å²) in [5.74, 6) is -12.2. The van der Waals surface area contributed by atoms with E-state index in [1.165, 1.54) is 7.05 Å². The maximum absolute atomic E-state index is 13.6. The van der Waals surface area contributed by atoms with Crippen LogP contribution in [0.3, 0.4) is 0 Å². The summed E-state index contributed by atoms with van der Waals surface area (Å²) in [7, 11) is 1.20. The van der Waals surface area contributed by atoms with Crippen LogP contribution in [0, 0.1) is 29.1 Å². The van der Waals surface area contributed by atoms with E-state index in [1.807, 2.05) is 0 Å². The van der Waals surface area contributed by atoms with Gasteiger partial charge in [-0.1, -0.05) is 30.3 Å². The molecular weight excluding hydrogens is 305 g/mol. The molecule has 22 heavy (non-hydrogen) atoms. The summed E-state index contributed by atoms with van der Waals surface area (Å²) in [6.07, 6.45) is 0. The minimum atomic E-state index is -2.29. The first-order valence-corrected chi connectivity index (χ1v) is 6.15. The normalized spacial score (nSPS) is 10.6. The Morgan fingerprint density at radius 1 is 0.864 bits per heavy atom. The highest BCUT2D eigenvalue weighted by Gasteiger charge is 2.31. The van der Waals surface area contributed by atoms with E-state index in [9.17, 15) is 26.7 Å². The van der Waals surface area contributed by atoms with Crippen molar-refractivity contribution >= 4 is 5.91 Å². The number of hydrogen-bond acceptors (Lipinski definition) is 1. The van der Waals surface area contributed by atoms with Crippen molar-refractivity contribution in [1.29, 1.82) is 0 Å². The molecule has 0 radical (unpaired) electrons. The fraction of sp³-hybridized carbons (Fsp3) is 0.133. The van der Waals surface area contributed by atoms with Crippen LogP contribution in [-0.4, -0.2) is 17.9 Å². The van der Waals surface area contributed by atoms with Gasteiger partial charge < -0.3 is 4.90 Å². The molecule has 2 aromatic carbocycles. The second kappa shape index (κ2) is 6.13. The molecule has 0 aliphatic carbocycles. The van der Waals surface area contributed by atoms with Crippen molar-refractivity contribution in [2.24, 2.45) is 0 Å². The predicted octanol–water partition coefficient (Wildman–Crippen LogP) is 3.65. The maximum atomic E-state index is 13.6. The molecule has 0 saturated carbocycles. The number of hydrogen-bond donors (Lipinski definition) is 0. The lowest BCUT2D eigenvalue weighted by Gasteiger charge is -2.18. The summed E-state index contributed by atoms with van der Waals surface area (Å²) >= 11 is 0. The van der Waals surface area contributed by atoms with Gasteiger partial charge in [0.15, 0.2) is 23.3 Å². The monoisotopic (exact) mass is 315 g/mol. The molecule has 0 bridgehead atoms. The number of benzene rings is 2. The third kappa shape index (κ3) is 2.79. The van der Waals surface area contributed by atoms with Crippen LogP contribution in [0.25, 0.3) is 0 Å². The molecule has 0 saturated heterocycles. The van der Waals surface area contributed by atoms with Crippen molar-refractivity contribution in [2.45, 2.75) is 6.54 Å². The highest BCUT2D eigenvalue weighted by molar-refractivity contribution is 5.94. The SMILES string of the molecule is CN(Cc1ccccc1)C(=O)c1c(F)c(F)c(F)c(F)c1F. The smallest absolute Gasteiger partial charge is 0.260 e. The molecule has 0 aromatic heterocycles. The Labute approximate surface area is 122 Å². The van der Waals surface area contributed by atoms with Gasteiger partial charge in [0.2, 0.25) is 5.82 Å². The first kappa shape index (κ1) is 15.9. The van der Waals surface area contributed by atoms with Gasteiger partial charge in [-0.3, -0.25) is 4.79 Å². The Kier molecular flexibility index (Phi) is 4.44. The molecule has 2 rings (SSSR count). The van der Waals surface area contributed by atoms with Crippen molar-refractivity contribution < 1.29 is 26.7 Å². The van der Waals surface area contributed by atoms with Crippen LogP contribution in [-0.2, 0) is 6.54 Å². The van der Waals surface area contributed by atoms with Crippen LogP contribution in [0.5, 0.6) is 0 Å². The molecule has 0 spiro atoms. The average molecular weight is 315 g/mol. The number of carbonyl (C=O) groups excluding carboxylic acids is 1. The zero-order chi connectivity index (χ0) is 16.4. The molecule has 0 N–H and O–H groups in total. The Balaban J connectivity index is 2.38. The van der Waals surface area contributed by atoms with Crippen molar-refractivity contribution in [3.05, 3.63) is 70.5 Å². The first-order valence-electron chi connectivity index (χ1n) is 6.15. The summed E-state index contributed by atoms with van der Waals surface area (Å²) in [5, 5.41) is 0. The lowest BCUT2D eigenvalue weighted by molar-refractivity contribution is 0.0772. The summed E-state index contributed by atoms with van der Waals surface area (Å²) in [4.78, 5) is 12.9. The molecular formula is C15H10F5NO. The third-order valence-electron chi connectivity index (χ3n) is 3.03. The average Bonchev–Trinajstić information content (AvgIpc) is 2.52. The maximum Gasteiger partial charge on any atom is 0.260 e. The molecule has 0 aliphatic heterocycles. The van der Waals surface area contributed by atoms with Gasteiger partial charge in [-0.25, -0.2) is 22.0 Å².